The smallest absolute Gasteiger partial charge is 0.472 e. The third-order valence-corrected chi connectivity index (χ3v) is 9.71. The van der Waals surface area contributed by atoms with Gasteiger partial charge in [0.15, 0.2) is 6.10 Å². The summed E-state index contributed by atoms with van der Waals surface area (Å²) in [6, 6.07) is 0. The zero-order chi connectivity index (χ0) is 39.9. The normalized spacial score (nSPS) is 14.3. The van der Waals surface area contributed by atoms with Crippen molar-refractivity contribution < 1.29 is 42.4 Å². The van der Waals surface area contributed by atoms with Gasteiger partial charge in [-0.1, -0.05) is 133 Å². The van der Waals surface area contributed by atoms with Gasteiger partial charge in [0.2, 0.25) is 0 Å². The molecule has 0 aromatic carbocycles. The highest BCUT2D eigenvalue weighted by Crippen LogP contribution is 2.43. The van der Waals surface area contributed by atoms with Gasteiger partial charge in [-0.25, -0.2) is 4.57 Å². The van der Waals surface area contributed by atoms with E-state index in [9.17, 15) is 14.3 Å². The number of esters is 1. The van der Waals surface area contributed by atoms with Crippen LogP contribution >= 0.6 is 7.82 Å². The number of aliphatic hydroxyl groups is 1. The van der Waals surface area contributed by atoms with Gasteiger partial charge in [0.1, 0.15) is 19.8 Å². The van der Waals surface area contributed by atoms with Crippen molar-refractivity contribution in [3.8, 4) is 0 Å². The van der Waals surface area contributed by atoms with Gasteiger partial charge in [0.05, 0.1) is 34.0 Å². The number of phosphoric ester groups is 1. The molecule has 0 rings (SSSR count). The SMILES string of the molecule is CCCCCCCCCCCCCC/C=C/O[C@H](COC(=O)CCC/C=C\C/C=C\C/C=C\C/C=C\CCCCCO)COP(=O)(O)OCC[N+](C)(C)C. The highest BCUT2D eigenvalue weighted by molar-refractivity contribution is 7.47. The highest BCUT2D eigenvalue weighted by atomic mass is 31.2. The Bertz CT molecular complexity index is 1050. The third-order valence-electron chi connectivity index (χ3n) is 8.73. The number of unbranched alkanes of at least 4 members (excludes halogenated alkanes) is 16. The summed E-state index contributed by atoms with van der Waals surface area (Å²) in [6.07, 6.45) is 45.2. The molecule has 0 bridgehead atoms. The lowest BCUT2D eigenvalue weighted by Gasteiger charge is -2.24. The van der Waals surface area contributed by atoms with Crippen molar-refractivity contribution in [2.45, 2.75) is 161 Å². The summed E-state index contributed by atoms with van der Waals surface area (Å²) >= 11 is 0. The summed E-state index contributed by atoms with van der Waals surface area (Å²) < 4.78 is 34.6. The van der Waals surface area contributed by atoms with Crippen molar-refractivity contribution in [2.75, 3.05) is 54.1 Å². The molecule has 314 valence electrons. The first kappa shape index (κ1) is 52.0. The van der Waals surface area contributed by atoms with Gasteiger partial charge < -0.3 is 24.0 Å². The van der Waals surface area contributed by atoms with Crippen LogP contribution in [0.5, 0.6) is 0 Å². The summed E-state index contributed by atoms with van der Waals surface area (Å²) in [5.41, 5.74) is 0. The first-order valence-corrected chi connectivity index (χ1v) is 22.7. The number of likely N-dealkylation sites (N-methyl/N-ethyl adjacent to an activating group) is 1. The summed E-state index contributed by atoms with van der Waals surface area (Å²) in [6.45, 7) is 2.83. The van der Waals surface area contributed by atoms with Crippen LogP contribution in [0.4, 0.5) is 0 Å². The minimum absolute atomic E-state index is 0.0748. The largest absolute Gasteiger partial charge is 0.492 e. The van der Waals surface area contributed by atoms with Crippen LogP contribution in [0.25, 0.3) is 0 Å². The average Bonchev–Trinajstić information content (AvgIpc) is 3.12. The van der Waals surface area contributed by atoms with Crippen LogP contribution in [0.1, 0.15) is 155 Å². The Balaban J connectivity index is 4.39. The number of hydrogen-bond acceptors (Lipinski definition) is 7. The zero-order valence-electron chi connectivity index (χ0n) is 34.9. The predicted octanol–water partition coefficient (Wildman–Crippen LogP) is 11.5. The maximum atomic E-state index is 12.4. The average molecular weight is 783 g/mol. The van der Waals surface area contributed by atoms with Gasteiger partial charge in [-0.3, -0.25) is 13.8 Å². The second kappa shape index (κ2) is 37.9. The molecule has 0 radical (unpaired) electrons. The van der Waals surface area contributed by atoms with E-state index in [1.807, 2.05) is 27.2 Å². The molecule has 0 fully saturated rings. The highest BCUT2D eigenvalue weighted by Gasteiger charge is 2.25. The van der Waals surface area contributed by atoms with E-state index in [4.69, 9.17) is 23.6 Å². The fourth-order valence-electron chi connectivity index (χ4n) is 5.33. The van der Waals surface area contributed by atoms with E-state index in [0.717, 1.165) is 64.2 Å². The lowest BCUT2D eigenvalue weighted by Crippen LogP contribution is -2.37. The van der Waals surface area contributed by atoms with Crippen LogP contribution in [-0.2, 0) is 27.9 Å². The molecule has 0 saturated carbocycles. The number of aliphatic hydroxyl groups excluding tert-OH is 1. The maximum absolute atomic E-state index is 12.4. The number of quaternary nitrogens is 1. The Morgan fingerprint density at radius 1 is 0.630 bits per heavy atom. The van der Waals surface area contributed by atoms with Gasteiger partial charge in [0.25, 0.3) is 0 Å². The van der Waals surface area contributed by atoms with Crippen LogP contribution in [0, 0.1) is 0 Å². The molecule has 0 spiro atoms. The zero-order valence-corrected chi connectivity index (χ0v) is 35.8. The van der Waals surface area contributed by atoms with Crippen molar-refractivity contribution in [3.05, 3.63) is 60.9 Å². The minimum Gasteiger partial charge on any atom is -0.492 e. The number of nitrogens with zero attached hydrogens (tertiary/aromatic N) is 1. The molecule has 0 saturated heterocycles. The van der Waals surface area contributed by atoms with Crippen LogP contribution in [0.3, 0.4) is 0 Å². The molecule has 2 N–H and O–H groups in total. The van der Waals surface area contributed by atoms with Gasteiger partial charge in [-0.2, -0.15) is 0 Å². The Labute approximate surface area is 331 Å². The molecule has 54 heavy (non-hydrogen) atoms. The van der Waals surface area contributed by atoms with E-state index in [0.29, 0.717) is 17.4 Å². The van der Waals surface area contributed by atoms with E-state index in [1.165, 1.54) is 70.6 Å². The second-order valence-corrected chi connectivity index (χ2v) is 16.6. The number of rotatable bonds is 39. The number of carbonyl (C=O) groups excluding carboxylic acids is 1. The van der Waals surface area contributed by atoms with E-state index in [1.54, 1.807) is 6.26 Å². The Hall–Kier alpha value is -2.00. The molecule has 2 atom stereocenters. The molecule has 9 nitrogen and oxygen atoms in total. The molecule has 10 heteroatoms. The number of ether oxygens (including phenoxy) is 2. The molecule has 0 aliphatic heterocycles. The fraction of sp³-hybridized carbons (Fsp3) is 0.750. The Morgan fingerprint density at radius 3 is 1.65 bits per heavy atom. The number of allylic oxidation sites excluding steroid dienone is 9. The van der Waals surface area contributed by atoms with Crippen LogP contribution < -0.4 is 0 Å². The molecule has 0 aromatic heterocycles. The van der Waals surface area contributed by atoms with Crippen LogP contribution in [-0.4, -0.2) is 80.7 Å². The van der Waals surface area contributed by atoms with E-state index < -0.39 is 13.9 Å². The summed E-state index contributed by atoms with van der Waals surface area (Å²) in [7, 11) is 1.62. The molecule has 1 unspecified atom stereocenters. The molecule has 0 aliphatic rings. The van der Waals surface area contributed by atoms with Gasteiger partial charge in [-0.15, -0.1) is 0 Å². The van der Waals surface area contributed by atoms with Gasteiger partial charge >= 0.3 is 13.8 Å². The van der Waals surface area contributed by atoms with Crippen molar-refractivity contribution in [1.82, 2.24) is 0 Å². The first-order chi connectivity index (χ1) is 26.1. The Morgan fingerprint density at radius 2 is 1.11 bits per heavy atom. The Kier molecular flexibility index (Phi) is 36.5. The number of phosphoric acid groups is 1. The molecular formula is C44H81NO8P+. The van der Waals surface area contributed by atoms with Gasteiger partial charge in [0, 0.05) is 13.0 Å². The van der Waals surface area contributed by atoms with Gasteiger partial charge in [-0.05, 0) is 70.3 Å². The summed E-state index contributed by atoms with van der Waals surface area (Å²) in [5.74, 6) is -0.341. The van der Waals surface area contributed by atoms with Crippen molar-refractivity contribution >= 4 is 13.8 Å². The lowest BCUT2D eigenvalue weighted by atomic mass is 10.0. The van der Waals surface area contributed by atoms with E-state index in [2.05, 4.69) is 55.5 Å². The van der Waals surface area contributed by atoms with Crippen molar-refractivity contribution in [3.63, 3.8) is 0 Å². The van der Waals surface area contributed by atoms with Crippen LogP contribution in [0.15, 0.2) is 60.9 Å². The molecular weight excluding hydrogens is 701 g/mol. The topological polar surface area (TPSA) is 112 Å². The molecule has 0 heterocycles. The van der Waals surface area contributed by atoms with Crippen LogP contribution in [0.2, 0.25) is 0 Å². The monoisotopic (exact) mass is 783 g/mol. The molecule has 0 aliphatic carbocycles. The predicted molar refractivity (Wildman–Crippen MR) is 225 cm³/mol. The minimum atomic E-state index is -4.28. The number of hydrogen-bond donors (Lipinski definition) is 2. The summed E-state index contributed by atoms with van der Waals surface area (Å²) in [5, 5.41) is 8.79. The lowest BCUT2D eigenvalue weighted by molar-refractivity contribution is -0.870. The first-order valence-electron chi connectivity index (χ1n) is 21.2. The standard InChI is InChI=1S/C44H80NO8P/c1-5-6-7-8-9-10-11-12-20-23-26-29-32-35-39-50-43(42-53-54(48,49)52-40-37-45(2,3)4)41-51-44(47)36-33-30-27-24-21-18-16-14-13-15-17-19-22-25-28-31-34-38-46/h13,15-16,18-19,22,24,27,35,39,43,46H,5-12,14,17,20-21,23,25-26,28-34,36-38,40-42H2,1-4H3/p+1/b15-13-,18-16-,22-19-,27-24-,39-35+/t43-/m1/s1. The second-order valence-electron chi connectivity index (χ2n) is 15.2. The summed E-state index contributed by atoms with van der Waals surface area (Å²) in [4.78, 5) is 22.6. The van der Waals surface area contributed by atoms with E-state index >= 15 is 0 Å². The molecule has 0 aromatic rings. The molecule has 0 amide bonds. The quantitative estimate of drug-likeness (QED) is 0.0158. The third kappa shape index (κ3) is 41.2. The fourth-order valence-corrected chi connectivity index (χ4v) is 6.07. The van der Waals surface area contributed by atoms with E-state index in [-0.39, 0.29) is 38.8 Å². The van der Waals surface area contributed by atoms with Crippen molar-refractivity contribution in [2.24, 2.45) is 0 Å². The number of carbonyl (C=O) groups is 1. The van der Waals surface area contributed by atoms with Crippen molar-refractivity contribution in [1.29, 1.82) is 0 Å². The maximum Gasteiger partial charge on any atom is 0.472 e.